The van der Waals surface area contributed by atoms with Crippen LogP contribution in [0.4, 0.5) is 14.5 Å². The number of benzene rings is 2. The molecule has 1 saturated heterocycles. The van der Waals surface area contributed by atoms with Crippen LogP contribution in [0, 0.1) is 11.6 Å². The molecule has 1 aromatic heterocycles. The molecular weight excluding hydrogens is 446 g/mol. The van der Waals surface area contributed by atoms with Crippen LogP contribution in [0.25, 0.3) is 0 Å². The molecule has 0 bridgehead atoms. The number of para-hydroxylation sites is 1. The van der Waals surface area contributed by atoms with Gasteiger partial charge in [0.15, 0.2) is 11.6 Å². The summed E-state index contributed by atoms with van der Waals surface area (Å²) >= 11 is 1.11. The maximum absolute atomic E-state index is 13.5. The first-order valence-electron chi connectivity index (χ1n) is 9.49. The van der Waals surface area contributed by atoms with Gasteiger partial charge < -0.3 is 5.32 Å². The van der Waals surface area contributed by atoms with Gasteiger partial charge in [0.2, 0.25) is 15.0 Å². The van der Waals surface area contributed by atoms with Crippen molar-refractivity contribution in [2.24, 2.45) is 0 Å². The second-order valence-electron chi connectivity index (χ2n) is 7.04. The van der Waals surface area contributed by atoms with Crippen LogP contribution < -0.4 is 5.32 Å². The largest absolute Gasteiger partial charge is 0.320 e. The summed E-state index contributed by atoms with van der Waals surface area (Å²) in [6, 6.07) is 11.5. The van der Waals surface area contributed by atoms with E-state index in [1.807, 2.05) is 6.07 Å². The number of aromatic nitrogens is 2. The molecule has 11 heteroatoms. The van der Waals surface area contributed by atoms with E-state index in [1.165, 1.54) is 4.31 Å². The SMILES string of the molecule is O=C(Nc1ccccc1)c1nnc([C@@H]2CCCN(S(=O)(=O)c3ccc(F)c(F)c3)C2)s1. The maximum Gasteiger partial charge on any atom is 0.286 e. The van der Waals surface area contributed by atoms with Crippen LogP contribution in [0.3, 0.4) is 0 Å². The summed E-state index contributed by atoms with van der Waals surface area (Å²) in [5, 5.41) is 11.5. The van der Waals surface area contributed by atoms with Crippen LogP contribution >= 0.6 is 11.3 Å². The summed E-state index contributed by atoms with van der Waals surface area (Å²) < 4.78 is 53.7. The van der Waals surface area contributed by atoms with Gasteiger partial charge in [-0.05, 0) is 43.2 Å². The van der Waals surface area contributed by atoms with Gasteiger partial charge in [-0.3, -0.25) is 4.79 Å². The molecule has 162 valence electrons. The van der Waals surface area contributed by atoms with E-state index in [2.05, 4.69) is 15.5 Å². The Labute approximate surface area is 181 Å². The summed E-state index contributed by atoms with van der Waals surface area (Å²) in [7, 11) is -3.99. The third-order valence-corrected chi connectivity index (χ3v) is 7.87. The average molecular weight is 465 g/mol. The van der Waals surface area contributed by atoms with Gasteiger partial charge in [-0.2, -0.15) is 4.31 Å². The lowest BCUT2D eigenvalue weighted by atomic mass is 10.0. The highest BCUT2D eigenvalue weighted by atomic mass is 32.2. The first-order chi connectivity index (χ1) is 14.8. The van der Waals surface area contributed by atoms with Gasteiger partial charge >= 0.3 is 0 Å². The summed E-state index contributed by atoms with van der Waals surface area (Å²) in [4.78, 5) is 12.1. The van der Waals surface area contributed by atoms with Crippen molar-refractivity contribution >= 4 is 33.0 Å². The van der Waals surface area contributed by atoms with Crippen molar-refractivity contribution in [2.45, 2.75) is 23.7 Å². The third kappa shape index (κ3) is 4.63. The number of rotatable bonds is 5. The van der Waals surface area contributed by atoms with Crippen molar-refractivity contribution in [1.82, 2.24) is 14.5 Å². The molecule has 1 fully saturated rings. The molecule has 0 radical (unpaired) electrons. The molecule has 2 heterocycles. The van der Waals surface area contributed by atoms with Gasteiger partial charge in [-0.1, -0.05) is 29.5 Å². The molecule has 2 aromatic carbocycles. The monoisotopic (exact) mass is 464 g/mol. The highest BCUT2D eigenvalue weighted by Gasteiger charge is 2.33. The number of hydrogen-bond acceptors (Lipinski definition) is 6. The van der Waals surface area contributed by atoms with E-state index in [1.54, 1.807) is 24.3 Å². The van der Waals surface area contributed by atoms with E-state index >= 15 is 0 Å². The minimum absolute atomic E-state index is 0.121. The second-order valence-corrected chi connectivity index (χ2v) is 9.99. The Morgan fingerprint density at radius 2 is 1.87 bits per heavy atom. The Kier molecular flexibility index (Phi) is 6.08. The molecule has 7 nitrogen and oxygen atoms in total. The van der Waals surface area contributed by atoms with Crippen LogP contribution in [0.15, 0.2) is 53.4 Å². The lowest BCUT2D eigenvalue weighted by Crippen LogP contribution is -2.39. The Morgan fingerprint density at radius 1 is 1.10 bits per heavy atom. The number of carbonyl (C=O) groups is 1. The zero-order valence-electron chi connectivity index (χ0n) is 16.2. The Bertz CT molecular complexity index is 1200. The zero-order chi connectivity index (χ0) is 22.0. The molecule has 1 atom stereocenters. The van der Waals surface area contributed by atoms with Gasteiger partial charge in [0.05, 0.1) is 4.90 Å². The van der Waals surface area contributed by atoms with Crippen LogP contribution in [0.2, 0.25) is 0 Å². The highest BCUT2D eigenvalue weighted by Crippen LogP contribution is 2.32. The molecule has 0 spiro atoms. The molecule has 31 heavy (non-hydrogen) atoms. The molecule has 1 amide bonds. The predicted molar refractivity (Wildman–Crippen MR) is 111 cm³/mol. The number of carbonyl (C=O) groups excluding carboxylic acids is 1. The van der Waals surface area contributed by atoms with Gasteiger partial charge in [0.25, 0.3) is 5.91 Å². The van der Waals surface area contributed by atoms with Crippen LogP contribution in [-0.4, -0.2) is 41.9 Å². The summed E-state index contributed by atoms with van der Waals surface area (Å²) in [6.45, 7) is 0.383. The Morgan fingerprint density at radius 3 is 2.61 bits per heavy atom. The molecule has 3 aromatic rings. The fraction of sp³-hybridized carbons (Fsp3) is 0.250. The van der Waals surface area contributed by atoms with Gasteiger partial charge in [-0.25, -0.2) is 17.2 Å². The fourth-order valence-corrected chi connectivity index (χ4v) is 5.75. The normalized spacial score (nSPS) is 17.4. The van der Waals surface area contributed by atoms with Gasteiger partial charge in [0.1, 0.15) is 5.01 Å². The van der Waals surface area contributed by atoms with Crippen molar-refractivity contribution in [3.63, 3.8) is 0 Å². The molecule has 0 saturated carbocycles. The molecule has 4 rings (SSSR count). The van der Waals surface area contributed by atoms with Crippen LogP contribution in [0.1, 0.15) is 33.6 Å². The molecule has 1 aliphatic heterocycles. The van der Waals surface area contributed by atoms with Gasteiger partial charge in [0, 0.05) is 24.7 Å². The minimum atomic E-state index is -3.99. The van der Waals surface area contributed by atoms with E-state index in [-0.39, 0.29) is 28.9 Å². The van der Waals surface area contributed by atoms with E-state index in [9.17, 15) is 22.0 Å². The topological polar surface area (TPSA) is 92.3 Å². The predicted octanol–water partition coefficient (Wildman–Crippen LogP) is 3.64. The zero-order valence-corrected chi connectivity index (χ0v) is 17.8. The van der Waals surface area contributed by atoms with E-state index in [4.69, 9.17) is 0 Å². The van der Waals surface area contributed by atoms with Crippen molar-refractivity contribution in [3.05, 3.63) is 70.2 Å². The number of nitrogens with one attached hydrogen (secondary N) is 1. The fourth-order valence-electron chi connectivity index (χ4n) is 3.35. The molecule has 1 N–H and O–H groups in total. The number of halogens is 2. The van der Waals surface area contributed by atoms with Crippen LogP contribution in [0.5, 0.6) is 0 Å². The molecule has 1 aliphatic rings. The molecular formula is C20H18F2N4O3S2. The molecule has 0 unspecified atom stereocenters. The van der Waals surface area contributed by atoms with Crippen molar-refractivity contribution < 1.29 is 22.0 Å². The molecule has 0 aliphatic carbocycles. The van der Waals surface area contributed by atoms with E-state index < -0.39 is 27.6 Å². The van der Waals surface area contributed by atoms with Crippen LogP contribution in [-0.2, 0) is 10.0 Å². The number of sulfonamides is 1. The first kappa shape index (κ1) is 21.5. The summed E-state index contributed by atoms with van der Waals surface area (Å²) in [6.07, 6.45) is 1.25. The number of amides is 1. The maximum atomic E-state index is 13.5. The highest BCUT2D eigenvalue weighted by molar-refractivity contribution is 7.89. The summed E-state index contributed by atoms with van der Waals surface area (Å²) in [5.41, 5.74) is 0.630. The standard InChI is InChI=1S/C20H18F2N4O3S2/c21-16-9-8-15(11-17(16)22)31(28,29)26-10-4-5-13(12-26)19-24-25-20(30-19)18(27)23-14-6-2-1-3-7-14/h1-3,6-9,11,13H,4-5,10,12H2,(H,23,27)/t13-/m1/s1. The van der Waals surface area contributed by atoms with E-state index in [0.29, 0.717) is 29.6 Å². The van der Waals surface area contributed by atoms with E-state index in [0.717, 1.165) is 23.5 Å². The lowest BCUT2D eigenvalue weighted by molar-refractivity contribution is 0.102. The quantitative estimate of drug-likeness (QED) is 0.623. The number of anilines is 1. The van der Waals surface area contributed by atoms with Gasteiger partial charge in [-0.15, -0.1) is 10.2 Å². The lowest BCUT2D eigenvalue weighted by Gasteiger charge is -2.30. The second kappa shape index (κ2) is 8.77. The van der Waals surface area contributed by atoms with Crippen molar-refractivity contribution in [1.29, 1.82) is 0 Å². The van der Waals surface area contributed by atoms with Crippen molar-refractivity contribution in [3.8, 4) is 0 Å². The number of hydrogen-bond donors (Lipinski definition) is 1. The number of nitrogens with zero attached hydrogens (tertiary/aromatic N) is 3. The number of piperidine rings is 1. The minimum Gasteiger partial charge on any atom is -0.320 e. The Balaban J connectivity index is 1.49. The third-order valence-electron chi connectivity index (χ3n) is 4.93. The smallest absolute Gasteiger partial charge is 0.286 e. The Hall–Kier alpha value is -2.76. The first-order valence-corrected chi connectivity index (χ1v) is 11.8. The van der Waals surface area contributed by atoms with Crippen molar-refractivity contribution in [2.75, 3.05) is 18.4 Å². The average Bonchev–Trinajstić information content (AvgIpc) is 3.27. The summed E-state index contributed by atoms with van der Waals surface area (Å²) in [5.74, 6) is -2.96.